The minimum absolute atomic E-state index is 0.00734. The van der Waals surface area contributed by atoms with Crippen molar-refractivity contribution in [2.45, 2.75) is 17.7 Å². The van der Waals surface area contributed by atoms with Crippen LogP contribution in [-0.2, 0) is 10.0 Å². The van der Waals surface area contributed by atoms with Crippen molar-refractivity contribution >= 4 is 21.6 Å². The second-order valence-electron chi connectivity index (χ2n) is 5.30. The molecule has 3 rings (SSSR count). The summed E-state index contributed by atoms with van der Waals surface area (Å²) < 4.78 is 26.4. The average Bonchev–Trinajstić information content (AvgIpc) is 3.05. The number of nitrogens with zero attached hydrogens (tertiary/aromatic N) is 1. The summed E-state index contributed by atoms with van der Waals surface area (Å²) in [5, 5.41) is 9.94. The van der Waals surface area contributed by atoms with Gasteiger partial charge in [0.15, 0.2) is 0 Å². The molecule has 1 heterocycles. The third kappa shape index (κ3) is 2.84. The molecule has 0 aliphatic carbocycles. The van der Waals surface area contributed by atoms with Crippen LogP contribution >= 0.6 is 11.6 Å². The van der Waals surface area contributed by atoms with E-state index in [2.05, 4.69) is 0 Å². The largest absolute Gasteiger partial charge is 0.506 e. The van der Waals surface area contributed by atoms with Gasteiger partial charge >= 0.3 is 0 Å². The van der Waals surface area contributed by atoms with Crippen molar-refractivity contribution in [3.05, 3.63) is 47.5 Å². The maximum atomic E-state index is 12.4. The fraction of sp³-hybridized carbons (Fsp3) is 0.250. The molecule has 1 fully saturated rings. The molecule has 0 amide bonds. The van der Waals surface area contributed by atoms with E-state index in [9.17, 15) is 13.5 Å². The van der Waals surface area contributed by atoms with Crippen LogP contribution in [0.25, 0.3) is 11.1 Å². The average molecular weight is 338 g/mol. The van der Waals surface area contributed by atoms with Crippen LogP contribution in [0.1, 0.15) is 12.8 Å². The molecule has 1 saturated heterocycles. The molecule has 1 aliphatic rings. The fourth-order valence-electron chi connectivity index (χ4n) is 2.59. The third-order valence-electron chi connectivity index (χ3n) is 3.84. The highest BCUT2D eigenvalue weighted by Crippen LogP contribution is 2.30. The van der Waals surface area contributed by atoms with Crippen LogP contribution in [0.5, 0.6) is 5.75 Å². The van der Waals surface area contributed by atoms with Crippen molar-refractivity contribution in [2.75, 3.05) is 13.1 Å². The van der Waals surface area contributed by atoms with Gasteiger partial charge in [-0.25, -0.2) is 8.42 Å². The molecular formula is C16H16ClNO3S. The van der Waals surface area contributed by atoms with E-state index in [0.29, 0.717) is 18.0 Å². The van der Waals surface area contributed by atoms with Gasteiger partial charge in [0, 0.05) is 13.1 Å². The Kier molecular flexibility index (Phi) is 4.12. The molecule has 6 heteroatoms. The zero-order chi connectivity index (χ0) is 15.7. The Labute approximate surface area is 135 Å². The first-order valence-electron chi connectivity index (χ1n) is 7.07. The molecule has 1 aliphatic heterocycles. The van der Waals surface area contributed by atoms with Crippen molar-refractivity contribution in [3.63, 3.8) is 0 Å². The first kappa shape index (κ1) is 15.3. The van der Waals surface area contributed by atoms with Crippen molar-refractivity contribution in [1.29, 1.82) is 0 Å². The van der Waals surface area contributed by atoms with Gasteiger partial charge in [-0.3, -0.25) is 0 Å². The molecule has 0 unspecified atom stereocenters. The highest BCUT2D eigenvalue weighted by atomic mass is 35.5. The summed E-state index contributed by atoms with van der Waals surface area (Å²) in [6.07, 6.45) is 1.84. The number of hydrogen-bond donors (Lipinski definition) is 1. The van der Waals surface area contributed by atoms with Crippen molar-refractivity contribution in [3.8, 4) is 16.9 Å². The highest BCUT2D eigenvalue weighted by Gasteiger charge is 2.26. The minimum Gasteiger partial charge on any atom is -0.506 e. The Morgan fingerprint density at radius 3 is 2.14 bits per heavy atom. The van der Waals surface area contributed by atoms with Gasteiger partial charge in [0.1, 0.15) is 5.75 Å². The molecule has 0 saturated carbocycles. The topological polar surface area (TPSA) is 57.6 Å². The molecule has 1 N–H and O–H groups in total. The maximum Gasteiger partial charge on any atom is 0.243 e. The number of benzene rings is 2. The van der Waals surface area contributed by atoms with E-state index >= 15 is 0 Å². The van der Waals surface area contributed by atoms with Gasteiger partial charge in [-0.2, -0.15) is 4.31 Å². The Morgan fingerprint density at radius 2 is 1.55 bits per heavy atom. The molecule has 0 spiro atoms. The third-order valence-corrected chi connectivity index (χ3v) is 6.07. The molecule has 0 bridgehead atoms. The van der Waals surface area contributed by atoms with E-state index in [1.807, 2.05) is 0 Å². The highest BCUT2D eigenvalue weighted by molar-refractivity contribution is 7.89. The number of sulfonamides is 1. The number of aromatic hydroxyl groups is 1. The predicted octanol–water partition coefficient (Wildman–Crippen LogP) is 3.50. The van der Waals surface area contributed by atoms with E-state index in [4.69, 9.17) is 11.6 Å². The number of phenolic OH excluding ortho intramolecular Hbond substituents is 1. The van der Waals surface area contributed by atoms with Gasteiger partial charge in [-0.15, -0.1) is 0 Å². The van der Waals surface area contributed by atoms with Crippen LogP contribution in [-0.4, -0.2) is 30.9 Å². The summed E-state index contributed by atoms with van der Waals surface area (Å²) >= 11 is 5.79. The Bertz CT molecular complexity index is 782. The van der Waals surface area contributed by atoms with Crippen LogP contribution in [0, 0.1) is 0 Å². The van der Waals surface area contributed by atoms with E-state index in [0.717, 1.165) is 24.0 Å². The number of phenols is 1. The van der Waals surface area contributed by atoms with Crippen LogP contribution in [0.15, 0.2) is 47.4 Å². The summed E-state index contributed by atoms with van der Waals surface area (Å²) in [6.45, 7) is 1.18. The Hall–Kier alpha value is -1.56. The molecule has 116 valence electrons. The second-order valence-corrected chi connectivity index (χ2v) is 7.65. The Balaban J connectivity index is 1.90. The van der Waals surface area contributed by atoms with Crippen LogP contribution in [0.2, 0.25) is 5.02 Å². The lowest BCUT2D eigenvalue weighted by Gasteiger charge is -2.15. The van der Waals surface area contributed by atoms with E-state index in [1.54, 1.807) is 42.5 Å². The summed E-state index contributed by atoms with van der Waals surface area (Å²) in [7, 11) is -3.39. The lowest BCUT2D eigenvalue weighted by molar-refractivity contribution is 0.475. The van der Waals surface area contributed by atoms with Gasteiger partial charge in [0.25, 0.3) is 0 Å². The summed E-state index contributed by atoms with van der Waals surface area (Å²) in [5.41, 5.74) is 1.61. The van der Waals surface area contributed by atoms with Gasteiger partial charge in [-0.05, 0) is 48.2 Å². The predicted molar refractivity (Wildman–Crippen MR) is 86.5 cm³/mol. The van der Waals surface area contributed by atoms with Crippen LogP contribution in [0.4, 0.5) is 0 Å². The van der Waals surface area contributed by atoms with E-state index in [-0.39, 0.29) is 10.8 Å². The van der Waals surface area contributed by atoms with Gasteiger partial charge in [0.2, 0.25) is 10.0 Å². The van der Waals surface area contributed by atoms with Gasteiger partial charge in [-0.1, -0.05) is 29.8 Å². The quantitative estimate of drug-likeness (QED) is 0.932. The lowest BCUT2D eigenvalue weighted by atomic mass is 10.1. The molecule has 0 aromatic heterocycles. The molecule has 2 aromatic rings. The zero-order valence-electron chi connectivity index (χ0n) is 11.9. The minimum atomic E-state index is -3.39. The number of hydrogen-bond acceptors (Lipinski definition) is 3. The van der Waals surface area contributed by atoms with Gasteiger partial charge in [0.05, 0.1) is 9.92 Å². The molecule has 0 radical (unpaired) electrons. The molecule has 0 atom stereocenters. The normalized spacial score (nSPS) is 16.0. The van der Waals surface area contributed by atoms with Crippen LogP contribution in [0.3, 0.4) is 0 Å². The maximum absolute atomic E-state index is 12.4. The van der Waals surface area contributed by atoms with E-state index < -0.39 is 10.0 Å². The monoisotopic (exact) mass is 337 g/mol. The molecular weight excluding hydrogens is 322 g/mol. The fourth-order valence-corrected chi connectivity index (χ4v) is 4.22. The SMILES string of the molecule is O=S(=O)(c1ccc(-c2ccc(Cl)c(O)c2)cc1)N1CCCC1. The van der Waals surface area contributed by atoms with Gasteiger partial charge < -0.3 is 5.11 Å². The number of halogens is 1. The second kappa shape index (κ2) is 5.91. The number of rotatable bonds is 3. The van der Waals surface area contributed by atoms with Crippen LogP contribution < -0.4 is 0 Å². The zero-order valence-corrected chi connectivity index (χ0v) is 13.4. The first-order chi connectivity index (χ1) is 10.5. The standard InChI is InChI=1S/C16H16ClNO3S/c17-15-8-5-13(11-16(15)19)12-3-6-14(7-4-12)22(20,21)18-9-1-2-10-18/h3-8,11,19H,1-2,9-10H2. The van der Waals surface area contributed by atoms with E-state index in [1.165, 1.54) is 4.31 Å². The lowest BCUT2D eigenvalue weighted by Crippen LogP contribution is -2.27. The summed E-state index contributed by atoms with van der Waals surface area (Å²) in [5.74, 6) is 0.00734. The Morgan fingerprint density at radius 1 is 0.955 bits per heavy atom. The molecule has 2 aromatic carbocycles. The first-order valence-corrected chi connectivity index (χ1v) is 8.89. The smallest absolute Gasteiger partial charge is 0.243 e. The van der Waals surface area contributed by atoms with Crippen molar-refractivity contribution in [1.82, 2.24) is 4.31 Å². The summed E-state index contributed by atoms with van der Waals surface area (Å²) in [6, 6.07) is 11.7. The molecule has 22 heavy (non-hydrogen) atoms. The molecule has 4 nitrogen and oxygen atoms in total. The van der Waals surface area contributed by atoms with Crippen molar-refractivity contribution in [2.24, 2.45) is 0 Å². The van der Waals surface area contributed by atoms with Crippen molar-refractivity contribution < 1.29 is 13.5 Å². The summed E-state index contributed by atoms with van der Waals surface area (Å²) in [4.78, 5) is 0.302.